The first-order chi connectivity index (χ1) is 14.4. The highest BCUT2D eigenvalue weighted by Gasteiger charge is 2.57. The molecule has 160 valence electrons. The van der Waals surface area contributed by atoms with E-state index in [0.717, 1.165) is 13.1 Å². The first-order valence-electron chi connectivity index (χ1n) is 9.76. The number of aliphatic hydroxyl groups is 2. The summed E-state index contributed by atoms with van der Waals surface area (Å²) < 4.78 is 12.5. The second-order valence-corrected chi connectivity index (χ2v) is 7.81. The summed E-state index contributed by atoms with van der Waals surface area (Å²) >= 11 is 0. The van der Waals surface area contributed by atoms with Gasteiger partial charge >= 0.3 is 5.97 Å². The van der Waals surface area contributed by atoms with Gasteiger partial charge in [-0.1, -0.05) is 0 Å². The third-order valence-corrected chi connectivity index (χ3v) is 5.93. The van der Waals surface area contributed by atoms with Crippen molar-refractivity contribution in [2.45, 2.75) is 36.8 Å². The van der Waals surface area contributed by atoms with Crippen LogP contribution in [0, 0.1) is 17.2 Å². The molecule has 2 saturated heterocycles. The van der Waals surface area contributed by atoms with Gasteiger partial charge in [-0.05, 0) is 45.1 Å². The molecular weight excluding hydrogens is 392 g/mol. The molecule has 2 aliphatic heterocycles. The lowest BCUT2D eigenvalue weighted by Gasteiger charge is -2.28. The maximum absolute atomic E-state index is 12.4. The number of fused-ring (bicyclic) bond motifs is 1. The second kappa shape index (κ2) is 7.81. The summed E-state index contributed by atoms with van der Waals surface area (Å²) in [5, 5.41) is 35.2. The number of carbonyl (C=O) groups excluding carboxylic acids is 1. The van der Waals surface area contributed by atoms with Gasteiger partial charge in [0.1, 0.15) is 42.8 Å². The van der Waals surface area contributed by atoms with Crippen molar-refractivity contribution >= 4 is 17.3 Å². The second-order valence-electron chi connectivity index (χ2n) is 7.81. The number of nitrogens with zero attached hydrogens (tertiary/aromatic N) is 5. The number of anilines is 1. The van der Waals surface area contributed by atoms with Crippen LogP contribution >= 0.6 is 0 Å². The first-order valence-corrected chi connectivity index (χ1v) is 9.76. The molecule has 11 nitrogen and oxygen atoms in total. The number of nitrogens with two attached hydrogens (primary N) is 1. The van der Waals surface area contributed by atoms with Gasteiger partial charge in [0.05, 0.1) is 11.6 Å². The number of esters is 1. The molecule has 0 unspecified atom stereocenters. The van der Waals surface area contributed by atoms with Crippen LogP contribution in [0.15, 0.2) is 18.5 Å². The Morgan fingerprint density at radius 3 is 2.87 bits per heavy atom. The molecule has 30 heavy (non-hydrogen) atoms. The van der Waals surface area contributed by atoms with Crippen LogP contribution in [0.25, 0.3) is 5.52 Å². The van der Waals surface area contributed by atoms with E-state index in [-0.39, 0.29) is 30.0 Å². The molecule has 2 aromatic rings. The standard InChI is InChI=1S/C19H24N6O5/c1-24-6-4-11(5-7-24)18(28)29-8-13-15(26)16(27)19(9-20,30-13)14-3-2-12-17(21)22-10-23-25(12)14/h2-3,10-11,13,15-16,26-27H,4-8H2,1H3,(H2,21,22,23)/t13-,15-,16-,19+/m1/s1. The van der Waals surface area contributed by atoms with E-state index in [2.05, 4.69) is 15.0 Å². The first kappa shape index (κ1) is 20.5. The maximum Gasteiger partial charge on any atom is 0.309 e. The number of aliphatic hydroxyl groups excluding tert-OH is 2. The third-order valence-electron chi connectivity index (χ3n) is 5.93. The van der Waals surface area contributed by atoms with Gasteiger partial charge in [0.25, 0.3) is 0 Å². The third kappa shape index (κ3) is 3.27. The van der Waals surface area contributed by atoms with Gasteiger partial charge < -0.3 is 30.3 Å². The van der Waals surface area contributed by atoms with E-state index < -0.39 is 23.9 Å². The summed E-state index contributed by atoms with van der Waals surface area (Å²) in [7, 11) is 2.00. The maximum atomic E-state index is 12.4. The van der Waals surface area contributed by atoms with E-state index in [1.807, 2.05) is 13.1 Å². The van der Waals surface area contributed by atoms with Crippen LogP contribution in [-0.4, -0.2) is 80.7 Å². The summed E-state index contributed by atoms with van der Waals surface area (Å²) in [5.41, 5.74) is 4.56. The van der Waals surface area contributed by atoms with Gasteiger partial charge in [0.2, 0.25) is 5.60 Å². The molecular formula is C19H24N6O5. The highest BCUT2D eigenvalue weighted by atomic mass is 16.6. The van der Waals surface area contributed by atoms with Crippen LogP contribution in [-0.2, 0) is 19.9 Å². The highest BCUT2D eigenvalue weighted by molar-refractivity contribution is 5.72. The number of hydrogen-bond acceptors (Lipinski definition) is 10. The molecule has 0 radical (unpaired) electrons. The van der Waals surface area contributed by atoms with Gasteiger partial charge in [0, 0.05) is 0 Å². The Hall–Kier alpha value is -2.78. The summed E-state index contributed by atoms with van der Waals surface area (Å²) in [5.74, 6) is -0.378. The largest absolute Gasteiger partial charge is 0.463 e. The molecule has 2 aliphatic rings. The van der Waals surface area contributed by atoms with Crippen LogP contribution in [0.4, 0.5) is 5.82 Å². The summed E-state index contributed by atoms with van der Waals surface area (Å²) in [6, 6.07) is 5.09. The lowest BCUT2D eigenvalue weighted by atomic mass is 9.92. The SMILES string of the molecule is CN1CCC(C(=O)OC[C@H]2O[C@@](C#N)(c3ccc4c(N)ncnn34)[C@H](O)[C@@H]2O)CC1. The molecule has 0 saturated carbocycles. The zero-order valence-corrected chi connectivity index (χ0v) is 16.5. The van der Waals surface area contributed by atoms with Crippen molar-refractivity contribution in [2.24, 2.45) is 5.92 Å². The van der Waals surface area contributed by atoms with E-state index in [4.69, 9.17) is 15.2 Å². The number of ether oxygens (including phenoxy) is 2. The topological polar surface area (TPSA) is 159 Å². The number of carbonyl (C=O) groups is 1. The average molecular weight is 416 g/mol. The quantitative estimate of drug-likeness (QED) is 0.530. The fourth-order valence-corrected chi connectivity index (χ4v) is 4.08. The zero-order chi connectivity index (χ0) is 21.5. The summed E-state index contributed by atoms with van der Waals surface area (Å²) in [6.45, 7) is 1.35. The Morgan fingerprint density at radius 1 is 1.43 bits per heavy atom. The molecule has 2 fully saturated rings. The molecule has 0 amide bonds. The number of hydrogen-bond donors (Lipinski definition) is 3. The number of aromatic nitrogens is 3. The van der Waals surface area contributed by atoms with Crippen molar-refractivity contribution in [1.29, 1.82) is 5.26 Å². The minimum absolute atomic E-state index is 0.195. The predicted molar refractivity (Wildman–Crippen MR) is 103 cm³/mol. The highest BCUT2D eigenvalue weighted by Crippen LogP contribution is 2.40. The van der Waals surface area contributed by atoms with Gasteiger partial charge in [-0.25, -0.2) is 9.50 Å². The lowest BCUT2D eigenvalue weighted by molar-refractivity contribution is -0.156. The van der Waals surface area contributed by atoms with Gasteiger partial charge in [-0.3, -0.25) is 4.79 Å². The number of nitrogen functional groups attached to an aromatic ring is 1. The molecule has 4 atom stereocenters. The average Bonchev–Trinajstić information content (AvgIpc) is 3.29. The van der Waals surface area contributed by atoms with E-state index >= 15 is 0 Å². The van der Waals surface area contributed by atoms with Crippen molar-refractivity contribution in [3.63, 3.8) is 0 Å². The zero-order valence-electron chi connectivity index (χ0n) is 16.5. The Bertz CT molecular complexity index is 981. The van der Waals surface area contributed by atoms with E-state index in [1.54, 1.807) is 6.07 Å². The van der Waals surface area contributed by atoms with E-state index in [0.29, 0.717) is 18.4 Å². The number of likely N-dealkylation sites (tertiary alicyclic amines) is 1. The smallest absolute Gasteiger partial charge is 0.309 e. The fraction of sp³-hybridized carbons (Fsp3) is 0.579. The minimum Gasteiger partial charge on any atom is -0.463 e. The lowest BCUT2D eigenvalue weighted by Crippen LogP contribution is -2.41. The predicted octanol–water partition coefficient (Wildman–Crippen LogP) is -0.964. The van der Waals surface area contributed by atoms with Crippen molar-refractivity contribution < 1.29 is 24.5 Å². The Balaban J connectivity index is 1.52. The van der Waals surface area contributed by atoms with E-state index in [1.165, 1.54) is 16.9 Å². The molecule has 2 aromatic heterocycles. The fourth-order valence-electron chi connectivity index (χ4n) is 4.08. The Morgan fingerprint density at radius 2 is 2.17 bits per heavy atom. The summed E-state index contributed by atoms with van der Waals surface area (Å²) in [6.07, 6.45) is -1.46. The summed E-state index contributed by atoms with van der Waals surface area (Å²) in [4.78, 5) is 18.4. The van der Waals surface area contributed by atoms with Crippen LogP contribution in [0.1, 0.15) is 18.5 Å². The molecule has 0 aromatic carbocycles. The van der Waals surface area contributed by atoms with E-state index in [9.17, 15) is 20.3 Å². The normalized spacial score (nSPS) is 30.4. The van der Waals surface area contributed by atoms with Crippen molar-refractivity contribution in [1.82, 2.24) is 19.5 Å². The Kier molecular flexibility index (Phi) is 5.33. The van der Waals surface area contributed by atoms with Crippen molar-refractivity contribution in [3.8, 4) is 6.07 Å². The number of rotatable bonds is 4. The van der Waals surface area contributed by atoms with Crippen LogP contribution in [0.5, 0.6) is 0 Å². The molecule has 11 heteroatoms. The molecule has 4 N–H and O–H groups in total. The van der Waals surface area contributed by atoms with Crippen LogP contribution in [0.2, 0.25) is 0 Å². The molecule has 0 aliphatic carbocycles. The van der Waals surface area contributed by atoms with Gasteiger partial charge in [-0.15, -0.1) is 0 Å². The number of nitriles is 1. The van der Waals surface area contributed by atoms with Gasteiger partial charge in [-0.2, -0.15) is 10.4 Å². The number of piperidine rings is 1. The van der Waals surface area contributed by atoms with Crippen molar-refractivity contribution in [3.05, 3.63) is 24.2 Å². The van der Waals surface area contributed by atoms with Crippen LogP contribution in [0.3, 0.4) is 0 Å². The van der Waals surface area contributed by atoms with Crippen LogP contribution < -0.4 is 5.73 Å². The molecule has 4 heterocycles. The molecule has 0 spiro atoms. The Labute approximate surface area is 172 Å². The van der Waals surface area contributed by atoms with Gasteiger partial charge in [0.15, 0.2) is 5.82 Å². The molecule has 4 rings (SSSR count). The van der Waals surface area contributed by atoms with Crippen molar-refractivity contribution in [2.75, 3.05) is 32.5 Å². The monoisotopic (exact) mass is 416 g/mol. The molecule has 0 bridgehead atoms. The minimum atomic E-state index is -1.91.